The van der Waals surface area contributed by atoms with E-state index in [-0.39, 0.29) is 11.7 Å². The summed E-state index contributed by atoms with van der Waals surface area (Å²) >= 11 is 0. The van der Waals surface area contributed by atoms with E-state index in [0.29, 0.717) is 25.0 Å². The normalized spacial score (nSPS) is 10.9. The van der Waals surface area contributed by atoms with Crippen LogP contribution in [0.5, 0.6) is 0 Å². The Labute approximate surface area is 139 Å². The van der Waals surface area contributed by atoms with Crippen molar-refractivity contribution in [1.82, 2.24) is 9.88 Å². The van der Waals surface area contributed by atoms with E-state index in [9.17, 15) is 9.59 Å². The van der Waals surface area contributed by atoms with Crippen LogP contribution >= 0.6 is 0 Å². The van der Waals surface area contributed by atoms with Crippen LogP contribution in [0.2, 0.25) is 0 Å². The number of rotatable bonds is 6. The van der Waals surface area contributed by atoms with Crippen LogP contribution in [0.1, 0.15) is 17.5 Å². The van der Waals surface area contributed by atoms with Crippen molar-refractivity contribution in [3.05, 3.63) is 70.2 Å². The Bertz CT molecular complexity index is 894. The first kappa shape index (κ1) is 16.1. The summed E-state index contributed by atoms with van der Waals surface area (Å²) in [5, 5.41) is 2.93. The Kier molecular flexibility index (Phi) is 4.79. The molecule has 0 unspecified atom stereocenters. The molecule has 1 heterocycles. The Morgan fingerprint density at radius 3 is 2.67 bits per heavy atom. The van der Waals surface area contributed by atoms with E-state index in [1.54, 1.807) is 7.05 Å². The van der Waals surface area contributed by atoms with Gasteiger partial charge in [-0.2, -0.15) is 0 Å². The van der Waals surface area contributed by atoms with E-state index in [1.165, 1.54) is 4.57 Å². The number of nitrogens with one attached hydrogen (secondary N) is 1. The molecule has 5 heteroatoms. The highest BCUT2D eigenvalue weighted by atomic mass is 16.4. The van der Waals surface area contributed by atoms with Crippen molar-refractivity contribution in [1.29, 1.82) is 0 Å². The van der Waals surface area contributed by atoms with Crippen LogP contribution < -0.4 is 11.1 Å². The highest BCUT2D eigenvalue weighted by Gasteiger charge is 2.07. The second kappa shape index (κ2) is 7.17. The smallest absolute Gasteiger partial charge is 0.408 e. The number of amides is 1. The van der Waals surface area contributed by atoms with Gasteiger partial charge in [0.1, 0.15) is 0 Å². The van der Waals surface area contributed by atoms with Gasteiger partial charge in [-0.25, -0.2) is 4.79 Å². The quantitative estimate of drug-likeness (QED) is 0.757. The highest BCUT2D eigenvalue weighted by Crippen LogP contribution is 2.14. The summed E-state index contributed by atoms with van der Waals surface area (Å²) in [7, 11) is 1.68. The Morgan fingerprint density at radius 2 is 1.88 bits per heavy atom. The molecule has 0 bridgehead atoms. The van der Waals surface area contributed by atoms with Crippen molar-refractivity contribution in [2.75, 3.05) is 6.54 Å². The topological polar surface area (TPSA) is 64.2 Å². The summed E-state index contributed by atoms with van der Waals surface area (Å²) in [6.45, 7) is 0.566. The predicted molar refractivity (Wildman–Crippen MR) is 92.9 cm³/mol. The Morgan fingerprint density at radius 1 is 1.08 bits per heavy atom. The average molecular weight is 324 g/mol. The summed E-state index contributed by atoms with van der Waals surface area (Å²) < 4.78 is 6.65. The first-order valence-electron chi connectivity index (χ1n) is 8.02. The van der Waals surface area contributed by atoms with E-state index in [0.717, 1.165) is 23.1 Å². The predicted octanol–water partition coefficient (Wildman–Crippen LogP) is 2.42. The van der Waals surface area contributed by atoms with Gasteiger partial charge in [-0.3, -0.25) is 9.36 Å². The van der Waals surface area contributed by atoms with Gasteiger partial charge < -0.3 is 9.73 Å². The number of carbonyl (C=O) groups excluding carboxylic acids is 1. The lowest BCUT2D eigenvalue weighted by Gasteiger charge is -2.06. The average Bonchev–Trinajstić information content (AvgIpc) is 2.88. The zero-order valence-corrected chi connectivity index (χ0v) is 13.6. The van der Waals surface area contributed by atoms with Crippen molar-refractivity contribution in [2.45, 2.75) is 19.3 Å². The molecule has 24 heavy (non-hydrogen) atoms. The zero-order chi connectivity index (χ0) is 16.9. The number of benzene rings is 2. The van der Waals surface area contributed by atoms with Gasteiger partial charge in [-0.1, -0.05) is 36.4 Å². The molecule has 0 aliphatic carbocycles. The van der Waals surface area contributed by atoms with Crippen LogP contribution in [-0.2, 0) is 24.7 Å². The summed E-state index contributed by atoms with van der Waals surface area (Å²) in [6.07, 6.45) is 1.93. The van der Waals surface area contributed by atoms with Crippen LogP contribution in [-0.4, -0.2) is 17.0 Å². The van der Waals surface area contributed by atoms with E-state index >= 15 is 0 Å². The largest absolute Gasteiger partial charge is 0.419 e. The minimum atomic E-state index is -0.364. The molecule has 0 radical (unpaired) electrons. The summed E-state index contributed by atoms with van der Waals surface area (Å²) in [6, 6.07) is 15.6. The van der Waals surface area contributed by atoms with Crippen LogP contribution in [0.3, 0.4) is 0 Å². The molecule has 5 nitrogen and oxygen atoms in total. The molecule has 124 valence electrons. The molecule has 2 aromatic carbocycles. The minimum Gasteiger partial charge on any atom is -0.408 e. The molecule has 3 rings (SSSR count). The zero-order valence-electron chi connectivity index (χ0n) is 13.6. The maximum absolute atomic E-state index is 11.9. The molecule has 3 aromatic rings. The first-order chi connectivity index (χ1) is 11.6. The van der Waals surface area contributed by atoms with Gasteiger partial charge in [-0.15, -0.1) is 0 Å². The molecule has 0 saturated carbocycles. The van der Waals surface area contributed by atoms with Gasteiger partial charge in [0.2, 0.25) is 5.91 Å². The third-order valence-corrected chi connectivity index (χ3v) is 4.08. The lowest BCUT2D eigenvalue weighted by Crippen LogP contribution is -2.25. The third-order valence-electron chi connectivity index (χ3n) is 4.08. The number of fused-ring (bicyclic) bond motifs is 1. The van der Waals surface area contributed by atoms with E-state index in [1.807, 2.05) is 48.5 Å². The van der Waals surface area contributed by atoms with Crippen LogP contribution in [0, 0.1) is 0 Å². The van der Waals surface area contributed by atoms with E-state index in [2.05, 4.69) is 5.32 Å². The van der Waals surface area contributed by atoms with E-state index < -0.39 is 0 Å². The van der Waals surface area contributed by atoms with Gasteiger partial charge in [0, 0.05) is 20.0 Å². The number of aromatic nitrogens is 1. The molecular weight excluding hydrogens is 304 g/mol. The van der Waals surface area contributed by atoms with Crippen molar-refractivity contribution < 1.29 is 9.21 Å². The number of aryl methyl sites for hydroxylation is 2. The van der Waals surface area contributed by atoms with Crippen LogP contribution in [0.25, 0.3) is 11.1 Å². The summed E-state index contributed by atoms with van der Waals surface area (Å²) in [5.41, 5.74) is 3.54. The minimum absolute atomic E-state index is 0.0474. The van der Waals surface area contributed by atoms with Gasteiger partial charge >= 0.3 is 5.76 Å². The Hall–Kier alpha value is -2.82. The standard InChI is InChI=1S/C19H20N2O3/c1-21-16-9-7-15(13-17(16)24-19(21)23)11-12-20-18(22)10-8-14-5-3-2-4-6-14/h2-7,9,13H,8,10-12H2,1H3,(H,20,22). The van der Waals surface area contributed by atoms with Gasteiger partial charge in [0.25, 0.3) is 0 Å². The molecule has 0 fully saturated rings. The summed E-state index contributed by atoms with van der Waals surface area (Å²) in [4.78, 5) is 23.4. The van der Waals surface area contributed by atoms with Crippen molar-refractivity contribution >= 4 is 17.0 Å². The second-order valence-corrected chi connectivity index (χ2v) is 5.81. The van der Waals surface area contributed by atoms with Gasteiger partial charge in [0.15, 0.2) is 5.58 Å². The highest BCUT2D eigenvalue weighted by molar-refractivity contribution is 5.76. The van der Waals surface area contributed by atoms with Gasteiger partial charge in [0.05, 0.1) is 5.52 Å². The number of carbonyl (C=O) groups is 1. The van der Waals surface area contributed by atoms with Crippen molar-refractivity contribution in [2.24, 2.45) is 7.05 Å². The maximum atomic E-state index is 11.9. The molecule has 1 N–H and O–H groups in total. The fraction of sp³-hybridized carbons (Fsp3) is 0.263. The maximum Gasteiger partial charge on any atom is 0.419 e. The van der Waals surface area contributed by atoms with Gasteiger partial charge in [-0.05, 0) is 36.1 Å². The molecule has 1 amide bonds. The lowest BCUT2D eigenvalue weighted by atomic mass is 10.1. The SMILES string of the molecule is Cn1c(=O)oc2cc(CCNC(=O)CCc3ccccc3)ccc21. The van der Waals surface area contributed by atoms with Crippen LogP contribution in [0.15, 0.2) is 57.7 Å². The first-order valence-corrected chi connectivity index (χ1v) is 8.02. The van der Waals surface area contributed by atoms with E-state index in [4.69, 9.17) is 4.42 Å². The third kappa shape index (κ3) is 3.74. The van der Waals surface area contributed by atoms with Crippen molar-refractivity contribution in [3.8, 4) is 0 Å². The molecule has 0 spiro atoms. The molecule has 0 saturated heterocycles. The van der Waals surface area contributed by atoms with Crippen molar-refractivity contribution in [3.63, 3.8) is 0 Å². The molecule has 0 aliphatic rings. The number of nitrogens with zero attached hydrogens (tertiary/aromatic N) is 1. The Balaban J connectivity index is 1.49. The molecule has 0 aliphatic heterocycles. The molecule has 1 aromatic heterocycles. The molecule has 0 atom stereocenters. The van der Waals surface area contributed by atoms with Crippen LogP contribution in [0.4, 0.5) is 0 Å². The lowest BCUT2D eigenvalue weighted by molar-refractivity contribution is -0.121. The molecular formula is C19H20N2O3. The fourth-order valence-corrected chi connectivity index (χ4v) is 2.67. The fourth-order valence-electron chi connectivity index (χ4n) is 2.67. The second-order valence-electron chi connectivity index (χ2n) is 5.81. The number of hydrogen-bond acceptors (Lipinski definition) is 3. The monoisotopic (exact) mass is 324 g/mol. The number of hydrogen-bond donors (Lipinski definition) is 1. The summed E-state index contributed by atoms with van der Waals surface area (Å²) in [5.74, 6) is -0.317. The number of oxazole rings is 1.